The molecule has 0 radical (unpaired) electrons. The Balaban J connectivity index is 1.44. The summed E-state index contributed by atoms with van der Waals surface area (Å²) in [6.45, 7) is 1.70. The van der Waals surface area contributed by atoms with Crippen molar-refractivity contribution >= 4 is 49.9 Å². The number of hydrogen-bond donors (Lipinski definition) is 5. The number of nitrogens with one attached hydrogen (secondary N) is 2. The number of aliphatic hydroxyl groups is 3. The van der Waals surface area contributed by atoms with Gasteiger partial charge in [0.25, 0.3) is 0 Å². The molecule has 1 aliphatic carbocycles. The number of nitrogens with zero attached hydrogens (tertiary/aromatic N) is 4. The first kappa shape index (κ1) is 23.7. The Bertz CT molecular complexity index is 1550. The zero-order valence-electron chi connectivity index (χ0n) is 20.0. The Morgan fingerprint density at radius 1 is 0.973 bits per heavy atom. The highest BCUT2D eigenvalue weighted by Crippen LogP contribution is 2.38. The zero-order chi connectivity index (χ0) is 25.5. The molecule has 0 amide bonds. The number of rotatable bonds is 6. The smallest absolute Gasteiger partial charge is 0.229 e. The Labute approximate surface area is 216 Å². The summed E-state index contributed by atoms with van der Waals surface area (Å²) in [6.07, 6.45) is 0.0784. The lowest BCUT2D eigenvalue weighted by molar-refractivity contribution is 0.00446. The number of hydrogen-bond acceptors (Lipinski definition) is 10. The molecule has 0 aliphatic heterocycles. The van der Waals surface area contributed by atoms with Gasteiger partial charge in [0.15, 0.2) is 0 Å². The van der Waals surface area contributed by atoms with Gasteiger partial charge in [0, 0.05) is 24.1 Å². The number of fused-ring (bicyclic) bond motifs is 2. The molecule has 1 saturated carbocycles. The zero-order valence-corrected chi connectivity index (χ0v) is 20.9. The van der Waals surface area contributed by atoms with Crippen LogP contribution in [0.3, 0.4) is 0 Å². The molecule has 2 aromatic carbocycles. The summed E-state index contributed by atoms with van der Waals surface area (Å²) in [5.41, 5.74) is 3.90. The lowest BCUT2D eigenvalue weighted by atomic mass is 10.1. The number of thiazole rings is 1. The highest BCUT2D eigenvalue weighted by atomic mass is 32.1. The molecule has 3 aromatic heterocycles. The minimum Gasteiger partial charge on any atom is -0.396 e. The number of benzene rings is 2. The van der Waals surface area contributed by atoms with Gasteiger partial charge in [0.2, 0.25) is 5.95 Å². The van der Waals surface area contributed by atoms with Crippen LogP contribution in [0.15, 0.2) is 60.8 Å². The number of aromatic nitrogens is 4. The number of aliphatic hydroxyl groups excluding tert-OH is 3. The van der Waals surface area contributed by atoms with E-state index in [1.54, 1.807) is 17.5 Å². The molecule has 4 atom stereocenters. The molecule has 0 saturated heterocycles. The molecule has 0 unspecified atom stereocenters. The second-order valence-electron chi connectivity index (χ2n) is 9.26. The Kier molecular flexibility index (Phi) is 6.17. The molecule has 5 N–H and O–H groups in total. The fourth-order valence-electron chi connectivity index (χ4n) is 4.92. The minimum atomic E-state index is -1.05. The highest BCUT2D eigenvalue weighted by molar-refractivity contribution is 7.21. The van der Waals surface area contributed by atoms with Crippen LogP contribution in [0.5, 0.6) is 0 Å². The van der Waals surface area contributed by atoms with Crippen LogP contribution < -0.4 is 10.6 Å². The number of pyridine rings is 1. The molecular formula is C27H26N6O3S. The lowest BCUT2D eigenvalue weighted by Gasteiger charge is -2.21. The van der Waals surface area contributed by atoms with Crippen LogP contribution in [-0.2, 0) is 0 Å². The van der Waals surface area contributed by atoms with Crippen LogP contribution >= 0.6 is 11.3 Å². The average Bonchev–Trinajstić information content (AvgIpc) is 3.45. The summed E-state index contributed by atoms with van der Waals surface area (Å²) < 4.78 is 1.04. The minimum absolute atomic E-state index is 0.204. The molecule has 188 valence electrons. The van der Waals surface area contributed by atoms with Gasteiger partial charge in [-0.05, 0) is 37.6 Å². The van der Waals surface area contributed by atoms with Crippen molar-refractivity contribution < 1.29 is 15.3 Å². The second kappa shape index (κ2) is 9.64. The predicted octanol–water partition coefficient (Wildman–Crippen LogP) is 3.87. The quantitative estimate of drug-likeness (QED) is 0.229. The van der Waals surface area contributed by atoms with Crippen molar-refractivity contribution in [3.8, 4) is 10.6 Å². The fraction of sp³-hybridized carbons (Fsp3) is 0.259. The number of aryl methyl sites for hydroxylation is 1. The summed E-state index contributed by atoms with van der Waals surface area (Å²) in [4.78, 5) is 18.9. The largest absolute Gasteiger partial charge is 0.396 e. The molecule has 37 heavy (non-hydrogen) atoms. The summed E-state index contributed by atoms with van der Waals surface area (Å²) in [5, 5.41) is 39.1. The monoisotopic (exact) mass is 514 g/mol. The van der Waals surface area contributed by atoms with E-state index >= 15 is 0 Å². The maximum absolute atomic E-state index is 10.7. The number of anilines is 3. The van der Waals surface area contributed by atoms with Crippen molar-refractivity contribution in [3.63, 3.8) is 0 Å². The normalized spacial score (nSPS) is 21.5. The van der Waals surface area contributed by atoms with E-state index in [0.29, 0.717) is 23.9 Å². The van der Waals surface area contributed by atoms with Crippen molar-refractivity contribution in [2.75, 3.05) is 17.2 Å². The van der Waals surface area contributed by atoms with Gasteiger partial charge >= 0.3 is 0 Å². The van der Waals surface area contributed by atoms with Crippen LogP contribution in [0.4, 0.5) is 17.5 Å². The van der Waals surface area contributed by atoms with Gasteiger partial charge in [-0.25, -0.2) is 9.97 Å². The van der Waals surface area contributed by atoms with Gasteiger partial charge in [-0.2, -0.15) is 4.98 Å². The van der Waals surface area contributed by atoms with Crippen LogP contribution in [0.25, 0.3) is 31.7 Å². The van der Waals surface area contributed by atoms with Crippen LogP contribution in [-0.4, -0.2) is 60.1 Å². The maximum Gasteiger partial charge on any atom is 0.229 e. The highest BCUT2D eigenvalue weighted by Gasteiger charge is 2.41. The molecule has 5 aromatic rings. The third-order valence-corrected chi connectivity index (χ3v) is 7.89. The van der Waals surface area contributed by atoms with E-state index in [4.69, 9.17) is 15.0 Å². The molecule has 6 rings (SSSR count). The van der Waals surface area contributed by atoms with Crippen molar-refractivity contribution in [1.29, 1.82) is 0 Å². The van der Waals surface area contributed by atoms with Crippen LogP contribution in [0, 0.1) is 12.8 Å². The van der Waals surface area contributed by atoms with E-state index in [-0.39, 0.29) is 6.61 Å². The second-order valence-corrected chi connectivity index (χ2v) is 10.3. The molecular weight excluding hydrogens is 488 g/mol. The van der Waals surface area contributed by atoms with E-state index in [2.05, 4.69) is 15.6 Å². The molecule has 1 aliphatic rings. The third-order valence-electron chi connectivity index (χ3n) is 6.84. The van der Waals surface area contributed by atoms with Gasteiger partial charge in [0.05, 0.1) is 44.8 Å². The summed E-state index contributed by atoms with van der Waals surface area (Å²) >= 11 is 1.54. The lowest BCUT2D eigenvalue weighted by Crippen LogP contribution is -2.35. The van der Waals surface area contributed by atoms with Gasteiger partial charge < -0.3 is 26.0 Å². The summed E-state index contributed by atoms with van der Waals surface area (Å²) in [7, 11) is 0. The molecule has 10 heteroatoms. The van der Waals surface area contributed by atoms with Gasteiger partial charge in [-0.15, -0.1) is 11.3 Å². The van der Waals surface area contributed by atoms with Crippen molar-refractivity contribution in [2.24, 2.45) is 5.92 Å². The van der Waals surface area contributed by atoms with Gasteiger partial charge in [-0.3, -0.25) is 4.98 Å². The molecule has 0 bridgehead atoms. The maximum atomic E-state index is 10.7. The van der Waals surface area contributed by atoms with Crippen molar-refractivity contribution in [1.82, 2.24) is 19.9 Å². The predicted molar refractivity (Wildman–Crippen MR) is 145 cm³/mol. The van der Waals surface area contributed by atoms with E-state index in [0.717, 1.165) is 37.4 Å². The first-order valence-electron chi connectivity index (χ1n) is 12.1. The first-order valence-corrected chi connectivity index (χ1v) is 12.9. The van der Waals surface area contributed by atoms with E-state index in [1.165, 1.54) is 0 Å². The molecule has 3 heterocycles. The topological polar surface area (TPSA) is 136 Å². The van der Waals surface area contributed by atoms with Crippen molar-refractivity contribution in [3.05, 3.63) is 66.5 Å². The van der Waals surface area contributed by atoms with Gasteiger partial charge in [-0.1, -0.05) is 30.3 Å². The Morgan fingerprint density at radius 3 is 2.62 bits per heavy atom. The molecule has 0 spiro atoms. The van der Waals surface area contributed by atoms with Crippen LogP contribution in [0.1, 0.15) is 12.1 Å². The Hall–Kier alpha value is -3.70. The van der Waals surface area contributed by atoms with Crippen molar-refractivity contribution in [2.45, 2.75) is 31.6 Å². The standard InChI is InChI=1S/C27H26N6O3S/c1-14-21(26-31-17-8-2-3-10-20(17)37-26)25(30-19-12-16(13-34)23(35)24(19)36)33-27(29-14)32-18-9-4-6-15-7-5-11-28-22(15)18/h2-11,16,19,23-24,34-36H,12-13H2,1H3,(H2,29,30,32,33)/t16-,19-,23-,24+/m1/s1. The van der Waals surface area contributed by atoms with Crippen LogP contribution in [0.2, 0.25) is 0 Å². The van der Waals surface area contributed by atoms with Gasteiger partial charge in [0.1, 0.15) is 16.9 Å². The SMILES string of the molecule is Cc1nc(Nc2cccc3cccnc23)nc(N[C@@H]2C[C@H](CO)[C@@H](O)[C@H]2O)c1-c1nc2ccccc2s1. The third kappa shape index (κ3) is 4.38. The van der Waals surface area contributed by atoms with E-state index < -0.39 is 24.2 Å². The Morgan fingerprint density at radius 2 is 1.81 bits per heavy atom. The molecule has 1 fully saturated rings. The summed E-state index contributed by atoms with van der Waals surface area (Å²) in [5.74, 6) is 0.451. The fourth-order valence-corrected chi connectivity index (χ4v) is 5.98. The summed E-state index contributed by atoms with van der Waals surface area (Å²) in [6, 6.07) is 17.2. The number of para-hydroxylation sites is 2. The van der Waals surface area contributed by atoms with E-state index in [1.807, 2.05) is 61.5 Å². The van der Waals surface area contributed by atoms with E-state index in [9.17, 15) is 15.3 Å². The molecule has 9 nitrogen and oxygen atoms in total. The average molecular weight is 515 g/mol. The first-order chi connectivity index (χ1) is 18.0.